The summed E-state index contributed by atoms with van der Waals surface area (Å²) in [5, 5.41) is 12.7. The van der Waals surface area contributed by atoms with Crippen LogP contribution in [0, 0.1) is 11.6 Å². The van der Waals surface area contributed by atoms with Gasteiger partial charge in [-0.25, -0.2) is 8.78 Å². The Hall–Kier alpha value is -1.89. The van der Waals surface area contributed by atoms with E-state index in [1.807, 2.05) is 0 Å². The molecule has 15 heavy (non-hydrogen) atoms. The van der Waals surface area contributed by atoms with Crippen molar-refractivity contribution in [2.75, 3.05) is 0 Å². The minimum absolute atomic E-state index is 0.00333. The Bertz CT molecular complexity index is 456. The molecule has 78 valence electrons. The fourth-order valence-electron chi connectivity index (χ4n) is 1.19. The lowest BCUT2D eigenvalue weighted by Crippen LogP contribution is -2.15. The van der Waals surface area contributed by atoms with Gasteiger partial charge in [0.2, 0.25) is 0 Å². The van der Waals surface area contributed by atoms with Crippen molar-refractivity contribution in [3.8, 4) is 0 Å². The molecule has 0 radical (unpaired) electrons. The van der Waals surface area contributed by atoms with Crippen LogP contribution in [0.4, 0.5) is 8.78 Å². The molecule has 0 saturated heterocycles. The molecule has 5 nitrogen and oxygen atoms in total. The first-order valence-corrected chi connectivity index (χ1v) is 4.12. The average molecular weight is 211 g/mol. The SMILES string of the molecule is NC(c1nn[nH]n1)c1cc(F)ccc1F. The van der Waals surface area contributed by atoms with Crippen LogP contribution in [0.5, 0.6) is 0 Å². The summed E-state index contributed by atoms with van der Waals surface area (Å²) < 4.78 is 26.1. The number of rotatable bonds is 2. The number of nitrogens with zero attached hydrogens (tertiary/aromatic N) is 3. The molecular formula is C8H7F2N5. The van der Waals surface area contributed by atoms with Crippen LogP contribution in [0.25, 0.3) is 0 Å². The molecular weight excluding hydrogens is 204 g/mol. The summed E-state index contributed by atoms with van der Waals surface area (Å²) >= 11 is 0. The van der Waals surface area contributed by atoms with Gasteiger partial charge in [0.15, 0.2) is 5.82 Å². The van der Waals surface area contributed by atoms with Gasteiger partial charge in [-0.3, -0.25) is 0 Å². The summed E-state index contributed by atoms with van der Waals surface area (Å²) in [5.74, 6) is -1.06. The van der Waals surface area contributed by atoms with E-state index in [0.29, 0.717) is 0 Å². The molecule has 1 atom stereocenters. The van der Waals surface area contributed by atoms with Gasteiger partial charge >= 0.3 is 0 Å². The molecule has 0 aliphatic rings. The summed E-state index contributed by atoms with van der Waals surface area (Å²) in [6.07, 6.45) is 0. The van der Waals surface area contributed by atoms with Crippen LogP contribution in [0.15, 0.2) is 18.2 Å². The number of benzene rings is 1. The first-order valence-electron chi connectivity index (χ1n) is 4.12. The summed E-state index contributed by atoms with van der Waals surface area (Å²) in [5.41, 5.74) is 5.64. The number of H-pyrrole nitrogens is 1. The smallest absolute Gasteiger partial charge is 0.195 e. The van der Waals surface area contributed by atoms with Gasteiger partial charge in [0.25, 0.3) is 0 Å². The molecule has 7 heteroatoms. The number of aromatic nitrogens is 4. The van der Waals surface area contributed by atoms with Crippen LogP contribution in [-0.4, -0.2) is 20.6 Å². The summed E-state index contributed by atoms with van der Waals surface area (Å²) in [6.45, 7) is 0. The van der Waals surface area contributed by atoms with Crippen LogP contribution in [0.1, 0.15) is 17.4 Å². The van der Waals surface area contributed by atoms with Gasteiger partial charge in [-0.15, -0.1) is 10.2 Å². The topological polar surface area (TPSA) is 80.5 Å². The molecule has 0 aliphatic carbocycles. The maximum atomic E-state index is 13.3. The van der Waals surface area contributed by atoms with E-state index in [1.54, 1.807) is 0 Å². The monoisotopic (exact) mass is 211 g/mol. The molecule has 0 spiro atoms. The van der Waals surface area contributed by atoms with Crippen LogP contribution >= 0.6 is 0 Å². The van der Waals surface area contributed by atoms with Crippen molar-refractivity contribution in [1.82, 2.24) is 20.6 Å². The highest BCUT2D eigenvalue weighted by molar-refractivity contribution is 5.26. The maximum Gasteiger partial charge on any atom is 0.195 e. The van der Waals surface area contributed by atoms with Crippen LogP contribution in [0.2, 0.25) is 0 Å². The second kappa shape index (κ2) is 3.70. The van der Waals surface area contributed by atoms with Crippen molar-refractivity contribution >= 4 is 0 Å². The number of halogens is 2. The summed E-state index contributed by atoms with van der Waals surface area (Å²) in [4.78, 5) is 0. The van der Waals surface area contributed by atoms with Gasteiger partial charge in [0.1, 0.15) is 11.6 Å². The largest absolute Gasteiger partial charge is 0.317 e. The third kappa shape index (κ3) is 1.82. The molecule has 1 unspecified atom stereocenters. The number of nitrogens with one attached hydrogen (secondary N) is 1. The minimum atomic E-state index is -0.931. The van der Waals surface area contributed by atoms with E-state index in [4.69, 9.17) is 5.73 Å². The molecule has 1 aromatic carbocycles. The standard InChI is InChI=1S/C8H7F2N5/c9-4-1-2-6(10)5(3-4)7(11)8-12-14-15-13-8/h1-3,7H,11H2,(H,12,13,14,15). The van der Waals surface area contributed by atoms with Crippen LogP contribution in [-0.2, 0) is 0 Å². The number of nitrogens with two attached hydrogens (primary N) is 1. The van der Waals surface area contributed by atoms with E-state index in [-0.39, 0.29) is 11.4 Å². The first kappa shape index (κ1) is 9.66. The molecule has 0 fully saturated rings. The van der Waals surface area contributed by atoms with Crippen LogP contribution in [0.3, 0.4) is 0 Å². The molecule has 2 aromatic rings. The fraction of sp³-hybridized carbons (Fsp3) is 0.125. The van der Waals surface area contributed by atoms with Crippen molar-refractivity contribution in [3.63, 3.8) is 0 Å². The van der Waals surface area contributed by atoms with Gasteiger partial charge in [0, 0.05) is 5.56 Å². The predicted octanol–water partition coefficient (Wildman–Crippen LogP) is 0.526. The molecule has 0 saturated carbocycles. The van der Waals surface area contributed by atoms with E-state index >= 15 is 0 Å². The van der Waals surface area contributed by atoms with Gasteiger partial charge < -0.3 is 5.73 Å². The second-order valence-corrected chi connectivity index (χ2v) is 2.91. The molecule has 2 rings (SSSR count). The summed E-state index contributed by atoms with van der Waals surface area (Å²) in [7, 11) is 0. The van der Waals surface area contributed by atoms with E-state index in [0.717, 1.165) is 18.2 Å². The van der Waals surface area contributed by atoms with Gasteiger partial charge in [-0.1, -0.05) is 5.21 Å². The number of hydrogen-bond acceptors (Lipinski definition) is 4. The third-order valence-electron chi connectivity index (χ3n) is 1.93. The Balaban J connectivity index is 2.41. The molecule has 0 aliphatic heterocycles. The van der Waals surface area contributed by atoms with Gasteiger partial charge in [-0.2, -0.15) is 5.21 Å². The van der Waals surface area contributed by atoms with Crippen molar-refractivity contribution in [1.29, 1.82) is 0 Å². The van der Waals surface area contributed by atoms with Crippen LogP contribution < -0.4 is 5.73 Å². The van der Waals surface area contributed by atoms with Crippen molar-refractivity contribution in [2.24, 2.45) is 5.73 Å². The average Bonchev–Trinajstić information content (AvgIpc) is 2.74. The van der Waals surface area contributed by atoms with E-state index in [1.165, 1.54) is 0 Å². The Labute approximate surface area is 83.3 Å². The maximum absolute atomic E-state index is 13.3. The molecule has 3 N–H and O–H groups in total. The zero-order valence-corrected chi connectivity index (χ0v) is 7.48. The lowest BCUT2D eigenvalue weighted by molar-refractivity contribution is 0.572. The van der Waals surface area contributed by atoms with E-state index < -0.39 is 17.7 Å². The van der Waals surface area contributed by atoms with Crippen molar-refractivity contribution in [3.05, 3.63) is 41.2 Å². The number of tetrazole rings is 1. The number of aromatic amines is 1. The second-order valence-electron chi connectivity index (χ2n) is 2.91. The Morgan fingerprint density at radius 2 is 2.13 bits per heavy atom. The van der Waals surface area contributed by atoms with Crippen molar-refractivity contribution < 1.29 is 8.78 Å². The van der Waals surface area contributed by atoms with Crippen molar-refractivity contribution in [2.45, 2.75) is 6.04 Å². The molecule has 1 heterocycles. The Morgan fingerprint density at radius 3 is 2.80 bits per heavy atom. The molecule has 1 aromatic heterocycles. The first-order chi connectivity index (χ1) is 7.18. The highest BCUT2D eigenvalue weighted by Crippen LogP contribution is 2.19. The molecule has 0 bridgehead atoms. The fourth-order valence-corrected chi connectivity index (χ4v) is 1.19. The Morgan fingerprint density at radius 1 is 1.33 bits per heavy atom. The third-order valence-corrected chi connectivity index (χ3v) is 1.93. The lowest BCUT2D eigenvalue weighted by Gasteiger charge is -2.08. The summed E-state index contributed by atoms with van der Waals surface area (Å²) in [6, 6.07) is 2.10. The number of hydrogen-bond donors (Lipinski definition) is 2. The minimum Gasteiger partial charge on any atom is -0.317 e. The Kier molecular flexibility index (Phi) is 2.38. The normalized spacial score (nSPS) is 12.7. The zero-order chi connectivity index (χ0) is 10.8. The van der Waals surface area contributed by atoms with Gasteiger partial charge in [0.05, 0.1) is 6.04 Å². The van der Waals surface area contributed by atoms with E-state index in [2.05, 4.69) is 20.6 Å². The predicted molar refractivity (Wildman–Crippen MR) is 46.6 cm³/mol. The van der Waals surface area contributed by atoms with E-state index in [9.17, 15) is 8.78 Å². The highest BCUT2D eigenvalue weighted by Gasteiger charge is 2.17. The highest BCUT2D eigenvalue weighted by atomic mass is 19.1. The zero-order valence-electron chi connectivity index (χ0n) is 7.48. The quantitative estimate of drug-likeness (QED) is 0.759. The molecule has 0 amide bonds. The lowest BCUT2D eigenvalue weighted by atomic mass is 10.1. The van der Waals surface area contributed by atoms with Gasteiger partial charge in [-0.05, 0) is 18.2 Å².